The lowest BCUT2D eigenvalue weighted by molar-refractivity contribution is -0.145. The van der Waals surface area contributed by atoms with E-state index >= 15 is 4.11 Å². The van der Waals surface area contributed by atoms with Gasteiger partial charge in [0.2, 0.25) is 14.3 Å². The largest absolute Gasteiger partial charge is 0.395 e. The van der Waals surface area contributed by atoms with Crippen molar-refractivity contribution in [2.45, 2.75) is 62.6 Å². The van der Waals surface area contributed by atoms with E-state index in [4.69, 9.17) is 4.74 Å². The highest BCUT2D eigenvalue weighted by atomic mass is 28.4. The van der Waals surface area contributed by atoms with Crippen LogP contribution in [0.5, 0.6) is 0 Å². The smallest absolute Gasteiger partial charge is 0.264 e. The summed E-state index contributed by atoms with van der Waals surface area (Å²) in [7, 11) is -1.57. The van der Waals surface area contributed by atoms with Gasteiger partial charge < -0.3 is 23.8 Å². The number of likely N-dealkylation sites (N-methyl/N-ethyl adjacent to an activating group) is 1. The van der Waals surface area contributed by atoms with Crippen molar-refractivity contribution in [1.82, 2.24) is 15.0 Å². The topological polar surface area (TPSA) is 101 Å². The van der Waals surface area contributed by atoms with Gasteiger partial charge in [-0.15, -0.1) is 5.10 Å². The van der Waals surface area contributed by atoms with E-state index in [0.29, 0.717) is 37.2 Å². The number of halogens is 1. The Kier molecular flexibility index (Phi) is 6.86. The molecule has 1 spiro atoms. The number of hydrogen-bond donors (Lipinski definition) is 1. The lowest BCUT2D eigenvalue weighted by Gasteiger charge is -2.33. The molecule has 1 aromatic heterocycles. The van der Waals surface area contributed by atoms with E-state index in [-0.39, 0.29) is 24.3 Å². The Morgan fingerprint density at radius 2 is 1.95 bits per heavy atom. The molecule has 0 saturated carbocycles. The van der Waals surface area contributed by atoms with Crippen LogP contribution in [-0.4, -0.2) is 66.6 Å². The van der Waals surface area contributed by atoms with Gasteiger partial charge in [0.15, 0.2) is 5.60 Å². The SMILES string of the molecule is C[C@@H]1[C@@H]([Si](C)(C)F)[C@H](CCn2cc(C(CO)c3ccccc3)nn2)O[C@@]12C(=O)N(C)c1ccc(N3CCC3=O)cc12. The maximum absolute atomic E-state index is 16.0. The van der Waals surface area contributed by atoms with Crippen molar-refractivity contribution < 1.29 is 23.5 Å². The number of ether oxygens (including phenoxy) is 1. The minimum absolute atomic E-state index is 0.0491. The third kappa shape index (κ3) is 4.41. The summed E-state index contributed by atoms with van der Waals surface area (Å²) in [5.74, 6) is -0.847. The van der Waals surface area contributed by atoms with Crippen molar-refractivity contribution in [2.75, 3.05) is 30.0 Å². The molecule has 0 radical (unpaired) electrons. The summed E-state index contributed by atoms with van der Waals surface area (Å²) in [5.41, 5.74) is 2.03. The Labute approximate surface area is 240 Å². The van der Waals surface area contributed by atoms with Crippen molar-refractivity contribution in [3.63, 3.8) is 0 Å². The van der Waals surface area contributed by atoms with E-state index in [2.05, 4.69) is 10.3 Å². The number of aliphatic hydroxyl groups is 1. The predicted octanol–water partition coefficient (Wildman–Crippen LogP) is 3.98. The molecule has 0 bridgehead atoms. The van der Waals surface area contributed by atoms with E-state index < -0.39 is 31.6 Å². The Balaban J connectivity index is 1.29. The van der Waals surface area contributed by atoms with Crippen molar-refractivity contribution in [3.05, 3.63) is 71.5 Å². The molecule has 3 aliphatic heterocycles. The van der Waals surface area contributed by atoms with E-state index in [1.54, 1.807) is 34.6 Å². The number of nitrogens with zero attached hydrogens (tertiary/aromatic N) is 5. The molecule has 216 valence electrons. The van der Waals surface area contributed by atoms with Crippen LogP contribution in [-0.2, 0) is 26.5 Å². The highest BCUT2D eigenvalue weighted by molar-refractivity contribution is 6.72. The van der Waals surface area contributed by atoms with Crippen LogP contribution in [0.3, 0.4) is 0 Å². The Morgan fingerprint density at radius 3 is 2.59 bits per heavy atom. The fraction of sp³-hybridized carbons (Fsp3) is 0.467. The average Bonchev–Trinajstić information content (AvgIpc) is 3.58. The second-order valence-corrected chi connectivity index (χ2v) is 15.8. The molecule has 2 aromatic carbocycles. The number of hydrogen-bond acceptors (Lipinski definition) is 6. The number of aromatic nitrogens is 3. The molecule has 5 atom stereocenters. The lowest BCUT2D eigenvalue weighted by atomic mass is 9.82. The first-order valence-electron chi connectivity index (χ1n) is 14.2. The molecule has 2 amide bonds. The molecule has 4 heterocycles. The van der Waals surface area contributed by atoms with Crippen molar-refractivity contribution in [2.24, 2.45) is 5.92 Å². The summed E-state index contributed by atoms with van der Waals surface area (Å²) in [6.45, 7) is 6.26. The summed E-state index contributed by atoms with van der Waals surface area (Å²) in [6, 6.07) is 15.3. The van der Waals surface area contributed by atoms with Crippen molar-refractivity contribution >= 4 is 31.6 Å². The Bertz CT molecular complexity index is 1480. The number of aliphatic hydroxyl groups excluding tert-OH is 1. The van der Waals surface area contributed by atoms with Gasteiger partial charge in [-0.05, 0) is 43.3 Å². The van der Waals surface area contributed by atoms with E-state index in [1.807, 2.05) is 61.7 Å². The van der Waals surface area contributed by atoms with Gasteiger partial charge in [-0.3, -0.25) is 14.3 Å². The van der Waals surface area contributed by atoms with Gasteiger partial charge in [0, 0.05) is 55.5 Å². The number of anilines is 2. The molecule has 0 aliphatic carbocycles. The average molecular weight is 578 g/mol. The monoisotopic (exact) mass is 577 g/mol. The zero-order chi connectivity index (χ0) is 29.1. The van der Waals surface area contributed by atoms with Gasteiger partial charge >= 0.3 is 0 Å². The van der Waals surface area contributed by atoms with Crippen LogP contribution in [0.25, 0.3) is 0 Å². The number of carbonyl (C=O) groups excluding carboxylic acids is 2. The number of amides is 2. The Morgan fingerprint density at radius 1 is 1.20 bits per heavy atom. The minimum atomic E-state index is -3.30. The fourth-order valence-electron chi connectivity index (χ4n) is 7.06. The number of rotatable bonds is 8. The second-order valence-electron chi connectivity index (χ2n) is 12.0. The first-order chi connectivity index (χ1) is 19.6. The molecule has 1 N–H and O–H groups in total. The first kappa shape index (κ1) is 27.7. The number of carbonyl (C=O) groups is 2. The summed E-state index contributed by atoms with van der Waals surface area (Å²) < 4.78 is 24.5. The van der Waals surface area contributed by atoms with Gasteiger partial charge in [-0.25, -0.2) is 0 Å². The van der Waals surface area contributed by atoms with Crippen LogP contribution in [0, 0.1) is 5.92 Å². The molecule has 3 aromatic rings. The summed E-state index contributed by atoms with van der Waals surface area (Å²) >= 11 is 0. The summed E-state index contributed by atoms with van der Waals surface area (Å²) in [6.07, 6.45) is 2.26. The molecular weight excluding hydrogens is 541 g/mol. The molecule has 1 unspecified atom stereocenters. The number of β-lactam (4-membered cyclic amide) rings is 1. The molecule has 41 heavy (non-hydrogen) atoms. The summed E-state index contributed by atoms with van der Waals surface area (Å²) in [5, 5.41) is 18.6. The van der Waals surface area contributed by atoms with Crippen LogP contribution in [0.1, 0.15) is 42.5 Å². The van der Waals surface area contributed by atoms with Crippen LogP contribution in [0.15, 0.2) is 54.7 Å². The number of fused-ring (bicyclic) bond motifs is 2. The van der Waals surface area contributed by atoms with E-state index in [0.717, 1.165) is 16.9 Å². The third-order valence-electron chi connectivity index (χ3n) is 9.18. The molecule has 3 aliphatic rings. The van der Waals surface area contributed by atoms with Crippen LogP contribution in [0.4, 0.5) is 15.5 Å². The third-order valence-corrected chi connectivity index (χ3v) is 11.6. The molecule has 2 fully saturated rings. The standard InChI is InChI=1S/C30H36FN5O4Si/c1-19-28(41(3,4)31)26(12-14-35-17-24(32-33-35)22(18-37)20-8-6-5-7-9-20)40-30(19)23-16-21(36-15-13-27(36)38)10-11-25(23)34(2)29(30)39/h5-11,16-17,19,22,26,28,37H,12-15,18H2,1-4H3/t19-,22?,26+,28-,30+/m1/s1. The van der Waals surface area contributed by atoms with Gasteiger partial charge in [0.1, 0.15) is 0 Å². The van der Waals surface area contributed by atoms with Crippen LogP contribution >= 0.6 is 0 Å². The Hall–Kier alpha value is -3.41. The van der Waals surface area contributed by atoms with Gasteiger partial charge in [-0.1, -0.05) is 42.5 Å². The zero-order valence-corrected chi connectivity index (χ0v) is 24.8. The molecule has 2 saturated heterocycles. The number of benzene rings is 2. The molecular formula is C30H36FN5O4Si. The van der Waals surface area contributed by atoms with Crippen molar-refractivity contribution in [3.8, 4) is 0 Å². The summed E-state index contributed by atoms with van der Waals surface area (Å²) in [4.78, 5) is 29.4. The molecule has 9 nitrogen and oxygen atoms in total. The fourth-order valence-corrected chi connectivity index (χ4v) is 9.61. The second kappa shape index (κ2) is 10.1. The maximum atomic E-state index is 16.0. The highest BCUT2D eigenvalue weighted by Gasteiger charge is 2.66. The first-order valence-corrected chi connectivity index (χ1v) is 17.2. The number of aryl methyl sites for hydroxylation is 1. The van der Waals surface area contributed by atoms with Gasteiger partial charge in [-0.2, -0.15) is 0 Å². The van der Waals surface area contributed by atoms with Crippen LogP contribution in [0.2, 0.25) is 18.6 Å². The quantitative estimate of drug-likeness (QED) is 0.247. The van der Waals surface area contributed by atoms with E-state index in [1.165, 1.54) is 0 Å². The zero-order valence-electron chi connectivity index (χ0n) is 23.8. The van der Waals surface area contributed by atoms with Crippen LogP contribution < -0.4 is 9.80 Å². The molecule has 11 heteroatoms. The highest BCUT2D eigenvalue weighted by Crippen LogP contribution is 2.60. The van der Waals surface area contributed by atoms with Gasteiger partial charge in [0.05, 0.1) is 30.0 Å². The lowest BCUT2D eigenvalue weighted by Crippen LogP contribution is -2.45. The maximum Gasteiger partial charge on any atom is 0.264 e. The minimum Gasteiger partial charge on any atom is -0.395 e. The van der Waals surface area contributed by atoms with Gasteiger partial charge in [0.25, 0.3) is 5.91 Å². The molecule has 6 rings (SSSR count). The predicted molar refractivity (Wildman–Crippen MR) is 155 cm³/mol. The van der Waals surface area contributed by atoms with Crippen molar-refractivity contribution in [1.29, 1.82) is 0 Å². The normalized spacial score (nSPS) is 26.5. The van der Waals surface area contributed by atoms with E-state index in [9.17, 15) is 14.7 Å².